The highest BCUT2D eigenvalue weighted by Crippen LogP contribution is 2.25. The first-order chi connectivity index (χ1) is 5.55. The Kier molecular flexibility index (Phi) is 2.85. The van der Waals surface area contributed by atoms with Gasteiger partial charge in [-0.3, -0.25) is 0 Å². The van der Waals surface area contributed by atoms with E-state index in [2.05, 4.69) is 11.9 Å². The van der Waals surface area contributed by atoms with Gasteiger partial charge in [0, 0.05) is 10.4 Å². The Morgan fingerprint density at radius 2 is 2.25 bits per heavy atom. The first-order valence-electron chi connectivity index (χ1n) is 4.27. The van der Waals surface area contributed by atoms with Crippen LogP contribution in [0.15, 0.2) is 5.51 Å². The second-order valence-electron chi connectivity index (χ2n) is 3.60. The quantitative estimate of drug-likeness (QED) is 0.782. The molecule has 2 N–H and O–H groups in total. The number of aryl methyl sites for hydroxylation is 1. The Morgan fingerprint density at radius 1 is 1.58 bits per heavy atom. The van der Waals surface area contributed by atoms with Crippen molar-refractivity contribution in [2.45, 2.75) is 39.2 Å². The average Bonchev–Trinajstić information content (AvgIpc) is 2.34. The van der Waals surface area contributed by atoms with Crippen molar-refractivity contribution in [2.75, 3.05) is 0 Å². The van der Waals surface area contributed by atoms with Crippen LogP contribution in [0.1, 0.15) is 37.8 Å². The zero-order valence-corrected chi connectivity index (χ0v) is 8.74. The van der Waals surface area contributed by atoms with Gasteiger partial charge in [0.05, 0.1) is 11.2 Å². The lowest BCUT2D eigenvalue weighted by Gasteiger charge is -2.17. The summed E-state index contributed by atoms with van der Waals surface area (Å²) in [5.74, 6) is 0. The van der Waals surface area contributed by atoms with Gasteiger partial charge >= 0.3 is 0 Å². The largest absolute Gasteiger partial charge is 0.321 e. The van der Waals surface area contributed by atoms with Crippen LogP contribution in [0, 0.1) is 0 Å². The van der Waals surface area contributed by atoms with Crippen LogP contribution >= 0.6 is 11.3 Å². The molecule has 0 aliphatic carbocycles. The van der Waals surface area contributed by atoms with Crippen molar-refractivity contribution < 1.29 is 0 Å². The molecule has 0 amide bonds. The maximum Gasteiger partial charge on any atom is 0.0798 e. The first-order valence-corrected chi connectivity index (χ1v) is 5.15. The summed E-state index contributed by atoms with van der Waals surface area (Å²) in [7, 11) is 0. The van der Waals surface area contributed by atoms with Gasteiger partial charge in [-0.1, -0.05) is 13.3 Å². The average molecular weight is 184 g/mol. The minimum Gasteiger partial charge on any atom is -0.321 e. The molecule has 2 nitrogen and oxygen atoms in total. The molecule has 0 aromatic carbocycles. The third-order valence-corrected chi connectivity index (χ3v) is 2.92. The van der Waals surface area contributed by atoms with Crippen LogP contribution in [0.25, 0.3) is 0 Å². The molecule has 0 saturated heterocycles. The second-order valence-corrected chi connectivity index (χ2v) is 4.45. The molecule has 3 heteroatoms. The van der Waals surface area contributed by atoms with E-state index in [4.69, 9.17) is 5.73 Å². The molecular weight excluding hydrogens is 168 g/mol. The first kappa shape index (κ1) is 9.68. The van der Waals surface area contributed by atoms with Crippen LogP contribution < -0.4 is 5.73 Å². The van der Waals surface area contributed by atoms with Gasteiger partial charge in [-0.25, -0.2) is 4.98 Å². The summed E-state index contributed by atoms with van der Waals surface area (Å²) in [4.78, 5) is 5.54. The zero-order chi connectivity index (χ0) is 9.19. The monoisotopic (exact) mass is 184 g/mol. The second kappa shape index (κ2) is 3.54. The van der Waals surface area contributed by atoms with Gasteiger partial charge in [0.15, 0.2) is 0 Å². The van der Waals surface area contributed by atoms with Crippen molar-refractivity contribution in [1.82, 2.24) is 4.98 Å². The Bertz CT molecular complexity index is 247. The van der Waals surface area contributed by atoms with Gasteiger partial charge in [0.1, 0.15) is 0 Å². The normalized spacial score (nSPS) is 12.0. The van der Waals surface area contributed by atoms with Gasteiger partial charge in [-0.05, 0) is 20.3 Å². The minimum atomic E-state index is -0.230. The molecule has 1 rings (SSSR count). The van der Waals surface area contributed by atoms with Gasteiger partial charge in [0.25, 0.3) is 0 Å². The van der Waals surface area contributed by atoms with Crippen molar-refractivity contribution in [3.63, 3.8) is 0 Å². The van der Waals surface area contributed by atoms with E-state index in [1.807, 2.05) is 19.4 Å². The number of nitrogens with two attached hydrogens (primary N) is 1. The van der Waals surface area contributed by atoms with E-state index in [1.54, 1.807) is 11.3 Å². The standard InChI is InChI=1S/C9H16N2S/c1-4-5-7-8(9(2,3)10)12-6-11-7/h6H,4-5,10H2,1-3H3. The SMILES string of the molecule is CCCc1ncsc1C(C)(C)N. The summed E-state index contributed by atoms with van der Waals surface area (Å²) in [5.41, 5.74) is 8.83. The molecule has 1 aromatic rings. The summed E-state index contributed by atoms with van der Waals surface area (Å²) in [5, 5.41) is 0. The zero-order valence-electron chi connectivity index (χ0n) is 7.92. The predicted octanol–water partition coefficient (Wildman–Crippen LogP) is 2.29. The predicted molar refractivity (Wildman–Crippen MR) is 53.3 cm³/mol. The molecule has 0 unspecified atom stereocenters. The van der Waals surface area contributed by atoms with Crippen molar-refractivity contribution >= 4 is 11.3 Å². The number of thiazole rings is 1. The van der Waals surface area contributed by atoms with E-state index in [9.17, 15) is 0 Å². The van der Waals surface area contributed by atoms with E-state index in [1.165, 1.54) is 10.6 Å². The summed E-state index contributed by atoms with van der Waals surface area (Å²) in [6, 6.07) is 0. The fourth-order valence-electron chi connectivity index (χ4n) is 1.21. The van der Waals surface area contributed by atoms with E-state index in [-0.39, 0.29) is 5.54 Å². The van der Waals surface area contributed by atoms with Crippen molar-refractivity contribution in [2.24, 2.45) is 5.73 Å². The molecule has 12 heavy (non-hydrogen) atoms. The topological polar surface area (TPSA) is 38.9 Å². The summed E-state index contributed by atoms with van der Waals surface area (Å²) < 4.78 is 0. The van der Waals surface area contributed by atoms with Gasteiger partial charge < -0.3 is 5.73 Å². The van der Waals surface area contributed by atoms with Crippen molar-refractivity contribution in [1.29, 1.82) is 0 Å². The third-order valence-electron chi connectivity index (χ3n) is 1.71. The fraction of sp³-hybridized carbons (Fsp3) is 0.667. The number of nitrogens with zero attached hydrogens (tertiary/aromatic N) is 1. The molecule has 0 bridgehead atoms. The van der Waals surface area contributed by atoms with Gasteiger partial charge in [-0.15, -0.1) is 11.3 Å². The van der Waals surface area contributed by atoms with Crippen molar-refractivity contribution in [3.8, 4) is 0 Å². The lowest BCUT2D eigenvalue weighted by Crippen LogP contribution is -2.28. The lowest BCUT2D eigenvalue weighted by atomic mass is 10.0. The molecular formula is C9H16N2S. The van der Waals surface area contributed by atoms with Crippen LogP contribution in [0.3, 0.4) is 0 Å². The Hall–Kier alpha value is -0.410. The molecule has 0 fully saturated rings. The number of rotatable bonds is 3. The van der Waals surface area contributed by atoms with E-state index < -0.39 is 0 Å². The van der Waals surface area contributed by atoms with Gasteiger partial charge in [0.2, 0.25) is 0 Å². The Labute approximate surface area is 77.8 Å². The molecule has 1 aromatic heterocycles. The van der Waals surface area contributed by atoms with Crippen LogP contribution in [-0.2, 0) is 12.0 Å². The highest BCUT2D eigenvalue weighted by Gasteiger charge is 2.20. The third kappa shape index (κ3) is 2.05. The maximum absolute atomic E-state index is 6.00. The molecule has 0 radical (unpaired) electrons. The Balaban J connectivity index is 2.91. The van der Waals surface area contributed by atoms with E-state index in [0.29, 0.717) is 0 Å². The van der Waals surface area contributed by atoms with Crippen LogP contribution in [0.2, 0.25) is 0 Å². The highest BCUT2D eigenvalue weighted by atomic mass is 32.1. The maximum atomic E-state index is 6.00. The highest BCUT2D eigenvalue weighted by molar-refractivity contribution is 7.09. The van der Waals surface area contributed by atoms with Crippen LogP contribution in [0.4, 0.5) is 0 Å². The number of aromatic nitrogens is 1. The lowest BCUT2D eigenvalue weighted by molar-refractivity contribution is 0.557. The van der Waals surface area contributed by atoms with Crippen molar-refractivity contribution in [3.05, 3.63) is 16.1 Å². The summed E-state index contributed by atoms with van der Waals surface area (Å²) in [6.07, 6.45) is 2.17. The van der Waals surface area contributed by atoms with Crippen LogP contribution in [-0.4, -0.2) is 4.98 Å². The number of hydrogen-bond donors (Lipinski definition) is 1. The molecule has 0 aliphatic heterocycles. The summed E-state index contributed by atoms with van der Waals surface area (Å²) >= 11 is 1.66. The van der Waals surface area contributed by atoms with E-state index >= 15 is 0 Å². The van der Waals surface area contributed by atoms with Gasteiger partial charge in [-0.2, -0.15) is 0 Å². The molecule has 0 saturated carbocycles. The Morgan fingerprint density at radius 3 is 2.75 bits per heavy atom. The smallest absolute Gasteiger partial charge is 0.0798 e. The molecule has 68 valence electrons. The minimum absolute atomic E-state index is 0.230. The molecule has 0 atom stereocenters. The summed E-state index contributed by atoms with van der Waals surface area (Å²) in [6.45, 7) is 6.21. The molecule has 0 aliphatic rings. The fourth-order valence-corrected chi connectivity index (χ4v) is 2.09. The molecule has 1 heterocycles. The number of hydrogen-bond acceptors (Lipinski definition) is 3. The molecule has 0 spiro atoms. The van der Waals surface area contributed by atoms with Crippen LogP contribution in [0.5, 0.6) is 0 Å². The van der Waals surface area contributed by atoms with E-state index in [0.717, 1.165) is 12.8 Å².